The Morgan fingerprint density at radius 1 is 1.62 bits per heavy atom. The molecule has 3 N–H and O–H groups in total. The van der Waals surface area contributed by atoms with Crippen molar-refractivity contribution in [2.75, 3.05) is 7.11 Å². The van der Waals surface area contributed by atoms with Gasteiger partial charge in [0.2, 0.25) is 0 Å². The Balaban J connectivity index is 3.08. The molecular formula is C11H14ClNO3. The summed E-state index contributed by atoms with van der Waals surface area (Å²) in [6.07, 6.45) is -0.119. The fourth-order valence-corrected chi connectivity index (χ4v) is 1.82. The van der Waals surface area contributed by atoms with Crippen molar-refractivity contribution in [2.24, 2.45) is 5.73 Å². The summed E-state index contributed by atoms with van der Waals surface area (Å²) in [5.41, 5.74) is 7.39. The quantitative estimate of drug-likeness (QED) is 0.850. The molecule has 0 radical (unpaired) electrons. The summed E-state index contributed by atoms with van der Waals surface area (Å²) in [5.74, 6) is -0.427. The second-order valence-corrected chi connectivity index (χ2v) is 3.95. The van der Waals surface area contributed by atoms with Gasteiger partial charge in [-0.15, -0.1) is 0 Å². The molecule has 4 nitrogen and oxygen atoms in total. The molecule has 0 saturated heterocycles. The Morgan fingerprint density at radius 3 is 2.75 bits per heavy atom. The summed E-state index contributed by atoms with van der Waals surface area (Å²) in [4.78, 5) is 10.6. The predicted molar refractivity (Wildman–Crippen MR) is 61.9 cm³/mol. The molecular weight excluding hydrogens is 230 g/mol. The van der Waals surface area contributed by atoms with Crippen LogP contribution in [0.15, 0.2) is 12.1 Å². The molecule has 1 aromatic carbocycles. The van der Waals surface area contributed by atoms with Gasteiger partial charge in [0.05, 0.1) is 18.6 Å². The summed E-state index contributed by atoms with van der Waals surface area (Å²) in [6.45, 7) is 1.84. The molecule has 0 bridgehead atoms. The molecule has 5 heteroatoms. The van der Waals surface area contributed by atoms with Crippen molar-refractivity contribution in [3.63, 3.8) is 0 Å². The minimum absolute atomic E-state index is 0.119. The molecule has 0 saturated carbocycles. The van der Waals surface area contributed by atoms with E-state index in [1.54, 1.807) is 12.1 Å². The Labute approximate surface area is 99.0 Å². The van der Waals surface area contributed by atoms with Gasteiger partial charge in [-0.25, -0.2) is 0 Å². The second kappa shape index (κ2) is 5.18. The third-order valence-corrected chi connectivity index (χ3v) is 2.63. The number of aliphatic carboxylic acids is 1. The number of benzene rings is 1. The van der Waals surface area contributed by atoms with Gasteiger partial charge in [0, 0.05) is 6.04 Å². The van der Waals surface area contributed by atoms with Crippen molar-refractivity contribution < 1.29 is 14.6 Å². The van der Waals surface area contributed by atoms with E-state index in [1.807, 2.05) is 6.92 Å². The van der Waals surface area contributed by atoms with Gasteiger partial charge in [-0.1, -0.05) is 11.6 Å². The number of methoxy groups -OCH3 is 1. The Kier molecular flexibility index (Phi) is 4.15. The van der Waals surface area contributed by atoms with Crippen molar-refractivity contribution in [2.45, 2.75) is 19.4 Å². The SMILES string of the molecule is COc1cc(C(N)CC(=O)O)c(C)cc1Cl. The van der Waals surface area contributed by atoms with E-state index in [1.165, 1.54) is 7.11 Å². The van der Waals surface area contributed by atoms with Crippen LogP contribution in [0, 0.1) is 6.92 Å². The minimum atomic E-state index is -0.930. The first kappa shape index (κ1) is 12.8. The van der Waals surface area contributed by atoms with E-state index in [-0.39, 0.29) is 6.42 Å². The van der Waals surface area contributed by atoms with Crippen molar-refractivity contribution in [3.05, 3.63) is 28.3 Å². The molecule has 0 aromatic heterocycles. The van der Waals surface area contributed by atoms with Crippen LogP contribution in [-0.2, 0) is 4.79 Å². The van der Waals surface area contributed by atoms with Gasteiger partial charge in [0.15, 0.2) is 0 Å². The second-order valence-electron chi connectivity index (χ2n) is 3.55. The van der Waals surface area contributed by atoms with Crippen LogP contribution in [0.3, 0.4) is 0 Å². The van der Waals surface area contributed by atoms with E-state index in [9.17, 15) is 4.79 Å². The van der Waals surface area contributed by atoms with Crippen molar-refractivity contribution in [1.82, 2.24) is 0 Å². The first-order valence-electron chi connectivity index (χ1n) is 4.77. The standard InChI is InChI=1S/C11H14ClNO3/c1-6-3-8(12)10(16-2)4-7(6)9(13)5-11(14)15/h3-4,9H,5,13H2,1-2H3,(H,14,15). The highest BCUT2D eigenvalue weighted by Crippen LogP contribution is 2.31. The molecule has 1 aromatic rings. The van der Waals surface area contributed by atoms with Gasteiger partial charge in [0.1, 0.15) is 5.75 Å². The van der Waals surface area contributed by atoms with E-state index in [4.69, 9.17) is 27.2 Å². The summed E-state index contributed by atoms with van der Waals surface area (Å²) < 4.78 is 5.06. The Morgan fingerprint density at radius 2 is 2.25 bits per heavy atom. The fraction of sp³-hybridized carbons (Fsp3) is 0.364. The first-order valence-corrected chi connectivity index (χ1v) is 5.15. The van der Waals surface area contributed by atoms with Crippen LogP contribution in [0.5, 0.6) is 5.75 Å². The molecule has 88 valence electrons. The van der Waals surface area contributed by atoms with Crippen LogP contribution >= 0.6 is 11.6 Å². The zero-order chi connectivity index (χ0) is 12.3. The highest BCUT2D eigenvalue weighted by atomic mass is 35.5. The highest BCUT2D eigenvalue weighted by molar-refractivity contribution is 6.32. The van der Waals surface area contributed by atoms with E-state index in [2.05, 4.69) is 0 Å². The number of hydrogen-bond donors (Lipinski definition) is 2. The molecule has 1 unspecified atom stereocenters. The molecule has 0 aliphatic rings. The smallest absolute Gasteiger partial charge is 0.305 e. The minimum Gasteiger partial charge on any atom is -0.495 e. The van der Waals surface area contributed by atoms with Crippen LogP contribution in [0.1, 0.15) is 23.6 Å². The van der Waals surface area contributed by atoms with Crippen LogP contribution < -0.4 is 10.5 Å². The van der Waals surface area contributed by atoms with Crippen LogP contribution in [0.2, 0.25) is 5.02 Å². The van der Waals surface area contributed by atoms with Gasteiger partial charge < -0.3 is 15.6 Å². The average molecular weight is 244 g/mol. The molecule has 0 fully saturated rings. The monoisotopic (exact) mass is 243 g/mol. The topological polar surface area (TPSA) is 72.5 Å². The van der Waals surface area contributed by atoms with Gasteiger partial charge in [-0.2, -0.15) is 0 Å². The Hall–Kier alpha value is -1.26. The zero-order valence-corrected chi connectivity index (χ0v) is 9.91. The molecule has 0 amide bonds. The van der Waals surface area contributed by atoms with E-state index in [0.29, 0.717) is 10.8 Å². The Bertz CT molecular complexity index is 406. The zero-order valence-electron chi connectivity index (χ0n) is 9.16. The summed E-state index contributed by atoms with van der Waals surface area (Å²) >= 11 is 5.93. The van der Waals surface area contributed by atoms with Crippen LogP contribution in [-0.4, -0.2) is 18.2 Å². The number of ether oxygens (including phenoxy) is 1. The summed E-state index contributed by atoms with van der Waals surface area (Å²) in [6, 6.07) is 2.85. The number of carbonyl (C=O) groups is 1. The lowest BCUT2D eigenvalue weighted by molar-refractivity contribution is -0.137. The number of halogens is 1. The largest absolute Gasteiger partial charge is 0.495 e. The number of hydrogen-bond acceptors (Lipinski definition) is 3. The molecule has 0 heterocycles. The molecule has 16 heavy (non-hydrogen) atoms. The molecule has 1 atom stereocenters. The lowest BCUT2D eigenvalue weighted by Gasteiger charge is -2.15. The third-order valence-electron chi connectivity index (χ3n) is 2.33. The third kappa shape index (κ3) is 2.87. The van der Waals surface area contributed by atoms with Gasteiger partial charge in [-0.3, -0.25) is 4.79 Å². The van der Waals surface area contributed by atoms with Gasteiger partial charge in [0.25, 0.3) is 0 Å². The first-order chi connectivity index (χ1) is 7.45. The number of aryl methyl sites for hydroxylation is 1. The number of carboxylic acid groups (broad SMARTS) is 1. The molecule has 0 aliphatic carbocycles. The molecule has 0 aliphatic heterocycles. The number of rotatable bonds is 4. The maximum Gasteiger partial charge on any atom is 0.305 e. The lowest BCUT2D eigenvalue weighted by Crippen LogP contribution is -2.16. The van der Waals surface area contributed by atoms with Crippen molar-refractivity contribution >= 4 is 17.6 Å². The van der Waals surface area contributed by atoms with Gasteiger partial charge >= 0.3 is 5.97 Å². The number of carboxylic acids is 1. The van der Waals surface area contributed by atoms with Crippen LogP contribution in [0.25, 0.3) is 0 Å². The van der Waals surface area contributed by atoms with Crippen molar-refractivity contribution in [3.8, 4) is 5.75 Å². The number of nitrogens with two attached hydrogens (primary N) is 1. The van der Waals surface area contributed by atoms with Crippen molar-refractivity contribution in [1.29, 1.82) is 0 Å². The predicted octanol–water partition coefficient (Wildman–Crippen LogP) is 2.13. The van der Waals surface area contributed by atoms with E-state index < -0.39 is 12.0 Å². The maximum absolute atomic E-state index is 10.6. The van der Waals surface area contributed by atoms with E-state index >= 15 is 0 Å². The molecule has 0 spiro atoms. The summed E-state index contributed by atoms with van der Waals surface area (Å²) in [5, 5.41) is 9.17. The van der Waals surface area contributed by atoms with Gasteiger partial charge in [-0.05, 0) is 30.2 Å². The van der Waals surface area contributed by atoms with Crippen LogP contribution in [0.4, 0.5) is 0 Å². The lowest BCUT2D eigenvalue weighted by atomic mass is 9.99. The maximum atomic E-state index is 10.6. The highest BCUT2D eigenvalue weighted by Gasteiger charge is 2.15. The fourth-order valence-electron chi connectivity index (χ4n) is 1.52. The molecule has 1 rings (SSSR count). The average Bonchev–Trinajstić information content (AvgIpc) is 2.16. The normalized spacial score (nSPS) is 12.2. The van der Waals surface area contributed by atoms with E-state index in [0.717, 1.165) is 11.1 Å². The summed E-state index contributed by atoms with van der Waals surface area (Å²) in [7, 11) is 1.50.